The largest absolute Gasteiger partial charge is 0.453 e. The fraction of sp³-hybridized carbons (Fsp3) is 0.643. The van der Waals surface area contributed by atoms with Gasteiger partial charge in [0.25, 0.3) is 8.53 Å². The first-order chi connectivity index (χ1) is 26.4. The highest BCUT2D eigenvalue weighted by molar-refractivity contribution is 7.44. The van der Waals surface area contributed by atoms with Crippen molar-refractivity contribution in [3.8, 4) is 6.07 Å². The van der Waals surface area contributed by atoms with Crippen LogP contribution in [0, 0.1) is 35.0 Å². The Morgan fingerprint density at radius 2 is 1.18 bits per heavy atom. The molecule has 55 heavy (non-hydrogen) atoms. The summed E-state index contributed by atoms with van der Waals surface area (Å²) in [5, 5.41) is 9.08. The van der Waals surface area contributed by atoms with Crippen LogP contribution in [0.5, 0.6) is 0 Å². The Kier molecular flexibility index (Phi) is 18.0. The first-order valence-corrected chi connectivity index (χ1v) is 20.8. The third-order valence-electron chi connectivity index (χ3n) is 10.6. The maximum atomic E-state index is 13.3. The van der Waals surface area contributed by atoms with Gasteiger partial charge in [0.15, 0.2) is 24.8 Å². The van der Waals surface area contributed by atoms with Crippen molar-refractivity contribution in [2.75, 3.05) is 26.4 Å². The van der Waals surface area contributed by atoms with Gasteiger partial charge >= 0.3 is 11.9 Å². The van der Waals surface area contributed by atoms with E-state index in [1.54, 1.807) is 48.5 Å². The van der Waals surface area contributed by atoms with Crippen molar-refractivity contribution in [1.29, 1.82) is 5.26 Å². The van der Waals surface area contributed by atoms with Gasteiger partial charge in [-0.05, 0) is 70.2 Å². The van der Waals surface area contributed by atoms with Crippen LogP contribution in [0.4, 0.5) is 0 Å². The number of rotatable bonds is 19. The van der Waals surface area contributed by atoms with Crippen LogP contribution < -0.4 is 0 Å². The summed E-state index contributed by atoms with van der Waals surface area (Å²) >= 11 is 0. The Bertz CT molecular complexity index is 1490. The molecule has 0 spiro atoms. The summed E-state index contributed by atoms with van der Waals surface area (Å²) in [7, 11) is -1.47. The van der Waals surface area contributed by atoms with E-state index in [4.69, 9.17) is 42.7 Å². The number of esters is 2. The Labute approximate surface area is 329 Å². The van der Waals surface area contributed by atoms with Gasteiger partial charge in [0.05, 0.1) is 62.3 Å². The molecule has 2 saturated heterocycles. The van der Waals surface area contributed by atoms with E-state index in [-0.39, 0.29) is 74.7 Å². The monoisotopic (exact) mass is 784 g/mol. The summed E-state index contributed by atoms with van der Waals surface area (Å²) in [6.07, 6.45) is -2.65. The summed E-state index contributed by atoms with van der Waals surface area (Å²) in [5.41, 5.74) is 0.885. The number of carbonyl (C=O) groups excluding carboxylic acids is 2. The lowest BCUT2D eigenvalue weighted by molar-refractivity contribution is -0.306. The molecule has 4 rings (SSSR count). The second-order valence-electron chi connectivity index (χ2n) is 15.0. The van der Waals surface area contributed by atoms with Crippen LogP contribution in [0.25, 0.3) is 0 Å². The second kappa shape index (κ2) is 22.1. The van der Waals surface area contributed by atoms with Gasteiger partial charge in [-0.1, -0.05) is 71.0 Å². The van der Waals surface area contributed by atoms with E-state index in [0.717, 1.165) is 6.42 Å². The van der Waals surface area contributed by atoms with Gasteiger partial charge in [0.1, 0.15) is 0 Å². The predicted molar refractivity (Wildman–Crippen MR) is 209 cm³/mol. The molecule has 2 fully saturated rings. The van der Waals surface area contributed by atoms with Crippen molar-refractivity contribution >= 4 is 20.5 Å². The van der Waals surface area contributed by atoms with Crippen LogP contribution in [-0.4, -0.2) is 92.1 Å². The highest BCUT2D eigenvalue weighted by Crippen LogP contribution is 2.46. The first kappa shape index (κ1) is 44.7. The normalized spacial score (nSPS) is 28.9. The zero-order valence-electron chi connectivity index (χ0n) is 33.9. The number of benzene rings is 2. The zero-order chi connectivity index (χ0) is 40.1. The molecule has 11 atom stereocenters. The molecule has 2 aliphatic rings. The van der Waals surface area contributed by atoms with Gasteiger partial charge in [-0.3, -0.25) is 0 Å². The summed E-state index contributed by atoms with van der Waals surface area (Å²) in [5.74, 6) is -1.12. The molecule has 0 bridgehead atoms. The summed E-state index contributed by atoms with van der Waals surface area (Å²) in [6.45, 7) is 19.3. The van der Waals surface area contributed by atoms with Crippen LogP contribution >= 0.6 is 8.53 Å². The van der Waals surface area contributed by atoms with E-state index in [9.17, 15) is 9.59 Å². The molecule has 0 saturated carbocycles. The zero-order valence-corrected chi connectivity index (χ0v) is 34.8. The van der Waals surface area contributed by atoms with Crippen molar-refractivity contribution < 1.29 is 47.1 Å². The average Bonchev–Trinajstić information content (AvgIpc) is 3.18. The first-order valence-electron chi connectivity index (χ1n) is 19.6. The van der Waals surface area contributed by atoms with Crippen LogP contribution in [0.3, 0.4) is 0 Å². The topological polar surface area (TPSA) is 135 Å². The van der Waals surface area contributed by atoms with Gasteiger partial charge in [-0.15, -0.1) is 0 Å². The number of nitrogens with zero attached hydrogens (tertiary/aromatic N) is 2. The minimum absolute atomic E-state index is 0.0328. The molecular weight excluding hydrogens is 723 g/mol. The number of nitriles is 1. The van der Waals surface area contributed by atoms with Crippen LogP contribution in [-0.2, 0) is 37.5 Å². The van der Waals surface area contributed by atoms with Gasteiger partial charge in [0, 0.05) is 23.9 Å². The third-order valence-corrected chi connectivity index (χ3v) is 12.7. The van der Waals surface area contributed by atoms with Gasteiger partial charge in [-0.25, -0.2) is 14.3 Å². The van der Waals surface area contributed by atoms with Gasteiger partial charge in [-0.2, -0.15) is 5.26 Å². The lowest BCUT2D eigenvalue weighted by atomic mass is 9.82. The highest BCUT2D eigenvalue weighted by atomic mass is 31.2. The van der Waals surface area contributed by atoms with Crippen LogP contribution in [0.2, 0.25) is 0 Å². The minimum Gasteiger partial charge on any atom is -0.453 e. The Hall–Kier alpha value is -2.98. The molecule has 11 unspecified atom stereocenters. The fourth-order valence-corrected chi connectivity index (χ4v) is 8.66. The molecule has 2 aromatic rings. The Balaban J connectivity index is 1.49. The van der Waals surface area contributed by atoms with E-state index in [2.05, 4.69) is 59.2 Å². The van der Waals surface area contributed by atoms with Crippen LogP contribution in [0.15, 0.2) is 60.7 Å². The van der Waals surface area contributed by atoms with E-state index in [0.29, 0.717) is 11.1 Å². The maximum absolute atomic E-state index is 13.3. The molecule has 0 amide bonds. The van der Waals surface area contributed by atoms with Crippen molar-refractivity contribution in [2.24, 2.45) is 23.7 Å². The summed E-state index contributed by atoms with van der Waals surface area (Å²) < 4.78 is 52.5. The molecule has 0 aromatic heterocycles. The van der Waals surface area contributed by atoms with Crippen molar-refractivity contribution in [3.63, 3.8) is 0 Å². The molecule has 304 valence electrons. The highest BCUT2D eigenvalue weighted by Gasteiger charge is 2.47. The average molecular weight is 785 g/mol. The molecule has 2 aromatic carbocycles. The quantitative estimate of drug-likeness (QED) is 0.0773. The molecular formula is C42H61N2O10P. The lowest BCUT2D eigenvalue weighted by Gasteiger charge is -2.46. The summed E-state index contributed by atoms with van der Waals surface area (Å²) in [6, 6.07) is 20.2. The smallest absolute Gasteiger partial charge is 0.338 e. The van der Waals surface area contributed by atoms with Crippen molar-refractivity contribution in [2.45, 2.75) is 124 Å². The van der Waals surface area contributed by atoms with Gasteiger partial charge in [0.2, 0.25) is 0 Å². The number of hydrogen-bond donors (Lipinski definition) is 0. The molecule has 2 heterocycles. The molecule has 12 nitrogen and oxygen atoms in total. The van der Waals surface area contributed by atoms with Gasteiger partial charge < -0.3 is 37.5 Å². The standard InChI is InChI=1S/C42H61N2O10P/c1-10-35-29(6)31(8)38(54-40(46)34-20-15-12-16-21-34)42(51-35)48-26-36-30(7)32(9)37(53-39(45)33-18-13-11-14-19-33)41(52-36)47-24-25-50-55(49-23-17-22-43)44(27(2)3)28(4)5/h11-16,18-21,27-32,35-38,41-42H,10,17,23-26H2,1-9H3. The molecule has 0 aliphatic carbocycles. The van der Waals surface area contributed by atoms with Crippen molar-refractivity contribution in [1.82, 2.24) is 4.67 Å². The van der Waals surface area contributed by atoms with Crippen molar-refractivity contribution in [3.05, 3.63) is 71.8 Å². The molecule has 13 heteroatoms. The van der Waals surface area contributed by atoms with E-state index in [1.807, 2.05) is 26.0 Å². The summed E-state index contributed by atoms with van der Waals surface area (Å²) in [4.78, 5) is 26.6. The second-order valence-corrected chi connectivity index (χ2v) is 16.4. The minimum atomic E-state index is -1.47. The Morgan fingerprint density at radius 3 is 1.67 bits per heavy atom. The maximum Gasteiger partial charge on any atom is 0.338 e. The molecule has 2 aliphatic heterocycles. The van der Waals surface area contributed by atoms with E-state index < -0.39 is 51.4 Å². The number of carbonyl (C=O) groups is 2. The molecule has 0 N–H and O–H groups in total. The van der Waals surface area contributed by atoms with Crippen LogP contribution in [0.1, 0.15) is 95.9 Å². The predicted octanol–water partition coefficient (Wildman–Crippen LogP) is 8.17. The number of ether oxygens (including phenoxy) is 6. The fourth-order valence-electron chi connectivity index (χ4n) is 7.09. The lowest BCUT2D eigenvalue weighted by Crippen LogP contribution is -2.55. The molecule has 0 radical (unpaired) electrons. The van der Waals surface area contributed by atoms with E-state index in [1.165, 1.54) is 0 Å². The Morgan fingerprint density at radius 1 is 0.709 bits per heavy atom. The third kappa shape index (κ3) is 12.3. The van der Waals surface area contributed by atoms with E-state index >= 15 is 0 Å². The SMILES string of the molecule is CCC1OC(OCC2OC(OCCOP(OCCC#N)N(C(C)C)C(C)C)C(OC(=O)c3ccccc3)C(C)C2C)C(OC(=O)c2ccccc2)C(C)C1C. The number of hydrogen-bond acceptors (Lipinski definition) is 12.